The summed E-state index contributed by atoms with van der Waals surface area (Å²) < 4.78 is 0. The second kappa shape index (κ2) is 9.94. The number of carbonyl (C=O) groups excluding carboxylic acids is 2. The number of piperazine rings is 1. The molecule has 0 radical (unpaired) electrons. The third-order valence-electron chi connectivity index (χ3n) is 4.88. The number of pyridine rings is 1. The van der Waals surface area contributed by atoms with Gasteiger partial charge in [0.2, 0.25) is 0 Å². The van der Waals surface area contributed by atoms with Crippen molar-refractivity contribution in [3.63, 3.8) is 0 Å². The van der Waals surface area contributed by atoms with Gasteiger partial charge in [-0.1, -0.05) is 36.5 Å². The van der Waals surface area contributed by atoms with Gasteiger partial charge >= 0.3 is 0 Å². The molecule has 1 aromatic carbocycles. The Morgan fingerprint density at radius 2 is 1.86 bits per heavy atom. The monoisotopic (exact) mass is 434 g/mol. The second-order valence-electron chi connectivity index (χ2n) is 6.92. The summed E-state index contributed by atoms with van der Waals surface area (Å²) in [5.74, 6) is 0.568. The average Bonchev–Trinajstić information content (AvgIpc) is 2.75. The summed E-state index contributed by atoms with van der Waals surface area (Å²) in [5, 5.41) is 3.77. The molecule has 3 rings (SSSR count). The molecule has 0 saturated carbocycles. The molecule has 2 heterocycles. The molecule has 1 fully saturated rings. The van der Waals surface area contributed by atoms with Crippen molar-refractivity contribution in [1.29, 1.82) is 0 Å². The Morgan fingerprint density at radius 1 is 1.10 bits per heavy atom. The molecule has 1 aliphatic heterocycles. The van der Waals surface area contributed by atoms with Crippen molar-refractivity contribution in [2.45, 2.75) is 19.8 Å². The molecule has 2 aromatic rings. The summed E-state index contributed by atoms with van der Waals surface area (Å²) >= 11 is 12.2. The second-order valence-corrected chi connectivity index (χ2v) is 7.76. The van der Waals surface area contributed by atoms with Gasteiger partial charge in [0.25, 0.3) is 11.8 Å². The largest absolute Gasteiger partial charge is 0.353 e. The standard InChI is InChI=1S/C21H24Cl2N4O2/c1-2-3-8-24-20(28)15-4-7-19(25-14-15)26-9-11-27(12-10-26)21(29)17-13-16(22)5-6-18(17)23/h4-7,13-14H,2-3,8-12H2,1H3,(H,24,28). The van der Waals surface area contributed by atoms with Crippen LogP contribution in [0.3, 0.4) is 0 Å². The molecular formula is C21H24Cl2N4O2. The molecule has 0 bridgehead atoms. The van der Waals surface area contributed by atoms with E-state index in [4.69, 9.17) is 23.2 Å². The summed E-state index contributed by atoms with van der Waals surface area (Å²) in [4.78, 5) is 33.1. The lowest BCUT2D eigenvalue weighted by molar-refractivity contribution is 0.0746. The van der Waals surface area contributed by atoms with Gasteiger partial charge in [-0.3, -0.25) is 9.59 Å². The van der Waals surface area contributed by atoms with Crippen molar-refractivity contribution in [1.82, 2.24) is 15.2 Å². The van der Waals surface area contributed by atoms with Gasteiger partial charge in [-0.15, -0.1) is 0 Å². The van der Waals surface area contributed by atoms with Crippen LogP contribution >= 0.6 is 23.2 Å². The van der Waals surface area contributed by atoms with Crippen LogP contribution in [-0.4, -0.2) is 54.4 Å². The molecule has 0 unspecified atom stereocenters. The summed E-state index contributed by atoms with van der Waals surface area (Å²) in [6.07, 6.45) is 3.59. The van der Waals surface area contributed by atoms with Crippen LogP contribution in [0.25, 0.3) is 0 Å². The first-order valence-corrected chi connectivity index (χ1v) is 10.5. The van der Waals surface area contributed by atoms with Gasteiger partial charge < -0.3 is 15.1 Å². The minimum atomic E-state index is -0.121. The van der Waals surface area contributed by atoms with Crippen LogP contribution in [-0.2, 0) is 0 Å². The number of hydrogen-bond acceptors (Lipinski definition) is 4. The number of hydrogen-bond donors (Lipinski definition) is 1. The van der Waals surface area contributed by atoms with E-state index in [9.17, 15) is 9.59 Å². The third-order valence-corrected chi connectivity index (χ3v) is 5.44. The molecule has 0 spiro atoms. The third kappa shape index (κ3) is 5.40. The molecule has 154 valence electrons. The SMILES string of the molecule is CCCCNC(=O)c1ccc(N2CCN(C(=O)c3cc(Cl)ccc3Cl)CC2)nc1. The van der Waals surface area contributed by atoms with Crippen LogP contribution in [0.4, 0.5) is 5.82 Å². The van der Waals surface area contributed by atoms with E-state index in [1.54, 1.807) is 35.4 Å². The van der Waals surface area contributed by atoms with Gasteiger partial charge in [0.1, 0.15) is 5.82 Å². The quantitative estimate of drug-likeness (QED) is 0.700. The number of amides is 2. The maximum atomic E-state index is 12.7. The molecule has 1 saturated heterocycles. The van der Waals surface area contributed by atoms with Gasteiger partial charge in [0.15, 0.2) is 0 Å². The Kier molecular flexibility index (Phi) is 7.34. The van der Waals surface area contributed by atoms with Gasteiger partial charge in [-0.05, 0) is 36.8 Å². The lowest BCUT2D eigenvalue weighted by Crippen LogP contribution is -2.49. The van der Waals surface area contributed by atoms with E-state index >= 15 is 0 Å². The minimum absolute atomic E-state index is 0.105. The Bertz CT molecular complexity index is 865. The molecule has 2 amide bonds. The normalized spacial score (nSPS) is 14.0. The zero-order valence-electron chi connectivity index (χ0n) is 16.3. The van der Waals surface area contributed by atoms with E-state index in [1.807, 2.05) is 6.07 Å². The lowest BCUT2D eigenvalue weighted by Gasteiger charge is -2.35. The summed E-state index contributed by atoms with van der Waals surface area (Å²) in [6.45, 7) is 5.17. The first-order valence-electron chi connectivity index (χ1n) is 9.73. The number of carbonyl (C=O) groups is 2. The number of halogens is 2. The van der Waals surface area contributed by atoms with Crippen LogP contribution in [0.1, 0.15) is 40.5 Å². The molecule has 1 aromatic heterocycles. The molecule has 1 aliphatic rings. The van der Waals surface area contributed by atoms with E-state index in [1.165, 1.54) is 0 Å². The van der Waals surface area contributed by atoms with Gasteiger partial charge in [0, 0.05) is 43.9 Å². The van der Waals surface area contributed by atoms with Crippen molar-refractivity contribution in [3.8, 4) is 0 Å². The number of benzene rings is 1. The molecule has 6 nitrogen and oxygen atoms in total. The number of nitrogens with one attached hydrogen (secondary N) is 1. The average molecular weight is 435 g/mol. The number of aromatic nitrogens is 1. The highest BCUT2D eigenvalue weighted by atomic mass is 35.5. The van der Waals surface area contributed by atoms with Crippen LogP contribution in [0.2, 0.25) is 10.0 Å². The zero-order valence-corrected chi connectivity index (χ0v) is 17.8. The molecule has 29 heavy (non-hydrogen) atoms. The maximum Gasteiger partial charge on any atom is 0.255 e. The van der Waals surface area contributed by atoms with Crippen molar-refractivity contribution in [2.24, 2.45) is 0 Å². The van der Waals surface area contributed by atoms with Crippen LogP contribution in [0, 0.1) is 0 Å². The molecule has 0 atom stereocenters. The smallest absolute Gasteiger partial charge is 0.255 e. The number of unbranched alkanes of at least 4 members (excludes halogenated alkanes) is 1. The van der Waals surface area contributed by atoms with Gasteiger partial charge in [-0.2, -0.15) is 0 Å². The van der Waals surface area contributed by atoms with Crippen LogP contribution in [0.5, 0.6) is 0 Å². The minimum Gasteiger partial charge on any atom is -0.353 e. The Balaban J connectivity index is 1.57. The van der Waals surface area contributed by atoms with Crippen molar-refractivity contribution in [2.75, 3.05) is 37.6 Å². The van der Waals surface area contributed by atoms with E-state index in [0.717, 1.165) is 18.7 Å². The number of nitrogens with zero attached hydrogens (tertiary/aromatic N) is 3. The van der Waals surface area contributed by atoms with E-state index in [0.29, 0.717) is 53.9 Å². The summed E-state index contributed by atoms with van der Waals surface area (Å²) in [6, 6.07) is 8.53. The highest BCUT2D eigenvalue weighted by molar-refractivity contribution is 6.35. The van der Waals surface area contributed by atoms with E-state index in [-0.39, 0.29) is 11.8 Å². The summed E-state index contributed by atoms with van der Waals surface area (Å²) in [7, 11) is 0. The van der Waals surface area contributed by atoms with Gasteiger partial charge in [0.05, 0.1) is 16.1 Å². The molecule has 8 heteroatoms. The Hall–Kier alpha value is -2.31. The topological polar surface area (TPSA) is 65.5 Å². The molecule has 1 N–H and O–H groups in total. The fourth-order valence-electron chi connectivity index (χ4n) is 3.16. The zero-order chi connectivity index (χ0) is 20.8. The highest BCUT2D eigenvalue weighted by Crippen LogP contribution is 2.23. The van der Waals surface area contributed by atoms with Crippen LogP contribution in [0.15, 0.2) is 36.5 Å². The Labute approximate surface area is 180 Å². The van der Waals surface area contributed by atoms with Gasteiger partial charge in [-0.25, -0.2) is 4.98 Å². The highest BCUT2D eigenvalue weighted by Gasteiger charge is 2.24. The fourth-order valence-corrected chi connectivity index (χ4v) is 3.53. The molecular weight excluding hydrogens is 411 g/mol. The van der Waals surface area contributed by atoms with E-state index in [2.05, 4.69) is 22.1 Å². The van der Waals surface area contributed by atoms with Crippen LogP contribution < -0.4 is 10.2 Å². The number of rotatable bonds is 6. The lowest BCUT2D eigenvalue weighted by atomic mass is 10.1. The fraction of sp³-hybridized carbons (Fsp3) is 0.381. The first kappa shape index (κ1) is 21.4. The molecule has 0 aliphatic carbocycles. The maximum absolute atomic E-state index is 12.7. The predicted octanol–water partition coefficient (Wildman–Crippen LogP) is 3.88. The Morgan fingerprint density at radius 3 is 2.52 bits per heavy atom. The first-order chi connectivity index (χ1) is 14.0. The van der Waals surface area contributed by atoms with Crippen molar-refractivity contribution < 1.29 is 9.59 Å². The summed E-state index contributed by atoms with van der Waals surface area (Å²) in [5.41, 5.74) is 0.971. The van der Waals surface area contributed by atoms with E-state index < -0.39 is 0 Å². The van der Waals surface area contributed by atoms with Crippen molar-refractivity contribution >= 4 is 40.8 Å². The van der Waals surface area contributed by atoms with Crippen molar-refractivity contribution in [3.05, 3.63) is 57.7 Å². The number of anilines is 1. The predicted molar refractivity (Wildman–Crippen MR) is 116 cm³/mol.